The molecule has 0 saturated carbocycles. The van der Waals surface area contributed by atoms with Gasteiger partial charge in [-0.3, -0.25) is 9.78 Å². The number of nitrogens with zero attached hydrogens (tertiary/aromatic N) is 3. The highest BCUT2D eigenvalue weighted by Gasteiger charge is 2.19. The monoisotopic (exact) mass is 434 g/mol. The molecule has 1 unspecified atom stereocenters. The van der Waals surface area contributed by atoms with E-state index in [1.165, 1.54) is 17.7 Å². The van der Waals surface area contributed by atoms with Crippen molar-refractivity contribution in [2.24, 2.45) is 5.92 Å². The summed E-state index contributed by atoms with van der Waals surface area (Å²) in [4.78, 5) is 25.4. The molecule has 1 aromatic carbocycles. The van der Waals surface area contributed by atoms with Crippen molar-refractivity contribution in [3.8, 4) is 33.0 Å². The molecule has 2 N–H and O–H groups in total. The van der Waals surface area contributed by atoms with Crippen molar-refractivity contribution in [1.82, 2.24) is 15.0 Å². The molecule has 0 saturated heterocycles. The lowest BCUT2D eigenvalue weighted by atomic mass is 10.0. The number of carboxylic acids is 1. The largest absolute Gasteiger partial charge is 0.481 e. The number of hydrogen-bond acceptors (Lipinski definition) is 7. The molecule has 0 aliphatic heterocycles. The zero-order valence-corrected chi connectivity index (χ0v) is 17.8. The maximum Gasteiger partial charge on any atom is 0.308 e. The number of benzene rings is 1. The molecule has 0 spiro atoms. The maximum atomic E-state index is 11.5. The third-order valence-corrected chi connectivity index (χ3v) is 5.97. The highest BCUT2D eigenvalue weighted by Crippen LogP contribution is 2.39. The number of carbonyl (C=O) groups is 1. The number of aromatic nitrogens is 3. The summed E-state index contributed by atoms with van der Waals surface area (Å²) in [6, 6.07) is 11.8. The van der Waals surface area contributed by atoms with Crippen molar-refractivity contribution in [3.63, 3.8) is 0 Å². The minimum absolute atomic E-state index is 0.340. The van der Waals surface area contributed by atoms with Crippen LogP contribution in [-0.4, -0.2) is 32.6 Å². The molecule has 4 aromatic rings. The van der Waals surface area contributed by atoms with Crippen LogP contribution in [0.1, 0.15) is 19.8 Å². The van der Waals surface area contributed by atoms with Gasteiger partial charge in [0.15, 0.2) is 17.3 Å². The van der Waals surface area contributed by atoms with Crippen molar-refractivity contribution in [2.45, 2.75) is 19.8 Å². The Hall–Kier alpha value is -3.52. The summed E-state index contributed by atoms with van der Waals surface area (Å²) < 4.78 is 5.37. The minimum atomic E-state index is -0.790. The number of rotatable bonds is 9. The van der Waals surface area contributed by atoms with Crippen LogP contribution in [-0.2, 0) is 4.79 Å². The Labute approximate surface area is 183 Å². The van der Waals surface area contributed by atoms with Crippen LogP contribution in [0.3, 0.4) is 0 Å². The van der Waals surface area contributed by atoms with Crippen LogP contribution < -0.4 is 5.32 Å². The van der Waals surface area contributed by atoms with Gasteiger partial charge < -0.3 is 14.8 Å². The third kappa shape index (κ3) is 4.80. The van der Waals surface area contributed by atoms with Crippen LogP contribution in [0.4, 0.5) is 5.13 Å². The summed E-state index contributed by atoms with van der Waals surface area (Å²) in [5.41, 5.74) is 3.67. The number of oxazole rings is 1. The van der Waals surface area contributed by atoms with Crippen LogP contribution in [0.15, 0.2) is 65.8 Å². The van der Waals surface area contributed by atoms with Gasteiger partial charge in [0.05, 0.1) is 22.7 Å². The fraction of sp³-hybridized carbons (Fsp3) is 0.217. The van der Waals surface area contributed by atoms with Crippen LogP contribution >= 0.6 is 11.3 Å². The zero-order valence-electron chi connectivity index (χ0n) is 17.0. The predicted molar refractivity (Wildman–Crippen MR) is 121 cm³/mol. The van der Waals surface area contributed by atoms with E-state index in [1.807, 2.05) is 43.3 Å². The second-order valence-corrected chi connectivity index (χ2v) is 8.09. The molecule has 0 radical (unpaired) electrons. The molecule has 3 aromatic heterocycles. The summed E-state index contributed by atoms with van der Waals surface area (Å²) >= 11 is 1.50. The summed E-state index contributed by atoms with van der Waals surface area (Å²) in [7, 11) is 0. The van der Waals surface area contributed by atoms with Gasteiger partial charge in [0, 0.05) is 30.1 Å². The Bertz CT molecular complexity index is 1130. The Kier molecular flexibility index (Phi) is 6.37. The molecule has 158 valence electrons. The van der Waals surface area contributed by atoms with E-state index in [2.05, 4.69) is 15.3 Å². The van der Waals surface area contributed by atoms with E-state index in [0.717, 1.165) is 33.7 Å². The van der Waals surface area contributed by atoms with Crippen LogP contribution in [0.5, 0.6) is 0 Å². The smallest absolute Gasteiger partial charge is 0.308 e. The molecule has 8 heteroatoms. The first-order valence-corrected chi connectivity index (χ1v) is 10.8. The van der Waals surface area contributed by atoms with E-state index in [9.17, 15) is 9.90 Å². The molecule has 4 rings (SSSR count). The van der Waals surface area contributed by atoms with Gasteiger partial charge in [0.25, 0.3) is 0 Å². The quantitative estimate of drug-likeness (QED) is 0.362. The number of aliphatic carboxylic acids is 1. The van der Waals surface area contributed by atoms with E-state index in [-0.39, 0.29) is 0 Å². The van der Waals surface area contributed by atoms with E-state index >= 15 is 0 Å². The van der Waals surface area contributed by atoms with Crippen molar-refractivity contribution in [3.05, 3.63) is 61.4 Å². The Balaban J connectivity index is 1.65. The van der Waals surface area contributed by atoms with Crippen LogP contribution in [0.25, 0.3) is 33.0 Å². The number of carboxylic acid groups (broad SMARTS) is 1. The molecule has 0 bridgehead atoms. The second kappa shape index (κ2) is 9.53. The lowest BCUT2D eigenvalue weighted by Crippen LogP contribution is -2.22. The van der Waals surface area contributed by atoms with Gasteiger partial charge >= 0.3 is 5.97 Å². The van der Waals surface area contributed by atoms with Gasteiger partial charge in [0.2, 0.25) is 0 Å². The Morgan fingerprint density at radius 3 is 2.58 bits per heavy atom. The number of pyridine rings is 1. The molecule has 3 heterocycles. The first kappa shape index (κ1) is 20.7. The van der Waals surface area contributed by atoms with Gasteiger partial charge in [-0.1, -0.05) is 48.9 Å². The fourth-order valence-electron chi connectivity index (χ4n) is 3.31. The lowest BCUT2D eigenvalue weighted by Gasteiger charge is -2.11. The normalized spacial score (nSPS) is 11.9. The summed E-state index contributed by atoms with van der Waals surface area (Å²) in [6.45, 7) is 2.33. The van der Waals surface area contributed by atoms with E-state index in [0.29, 0.717) is 23.9 Å². The average Bonchev–Trinajstić information content (AvgIpc) is 3.48. The molecule has 7 nitrogen and oxygen atoms in total. The molecular weight excluding hydrogens is 412 g/mol. The highest BCUT2D eigenvalue weighted by atomic mass is 32.1. The summed E-state index contributed by atoms with van der Waals surface area (Å²) in [5, 5.41) is 13.3. The van der Waals surface area contributed by atoms with Crippen molar-refractivity contribution >= 4 is 22.4 Å². The average molecular weight is 435 g/mol. The van der Waals surface area contributed by atoms with Gasteiger partial charge in [-0.15, -0.1) is 0 Å². The lowest BCUT2D eigenvalue weighted by molar-refractivity contribution is -0.141. The Morgan fingerprint density at radius 1 is 1.13 bits per heavy atom. The maximum absolute atomic E-state index is 11.5. The summed E-state index contributed by atoms with van der Waals surface area (Å²) in [5.74, 6) is -0.525. The molecule has 0 amide bonds. The predicted octanol–water partition coefficient (Wildman–Crippen LogP) is 5.44. The zero-order chi connectivity index (χ0) is 21.6. The van der Waals surface area contributed by atoms with Crippen LogP contribution in [0.2, 0.25) is 0 Å². The topological polar surface area (TPSA) is 101 Å². The van der Waals surface area contributed by atoms with E-state index < -0.39 is 11.9 Å². The first-order chi connectivity index (χ1) is 15.2. The third-order valence-electron chi connectivity index (χ3n) is 4.91. The second-order valence-electron chi connectivity index (χ2n) is 7.09. The van der Waals surface area contributed by atoms with Crippen molar-refractivity contribution < 1.29 is 14.3 Å². The molecule has 31 heavy (non-hydrogen) atoms. The van der Waals surface area contributed by atoms with Crippen molar-refractivity contribution in [2.75, 3.05) is 11.9 Å². The molecular formula is C23H22N4O3S. The number of anilines is 1. The fourth-order valence-corrected chi connectivity index (χ4v) is 4.31. The van der Waals surface area contributed by atoms with Gasteiger partial charge in [-0.05, 0) is 24.1 Å². The SMILES string of the molecule is CCCC(CNc1nc(-c2cccnc2)c(-c2ccc(-c3cnco3)cc2)s1)C(=O)O. The molecule has 0 fully saturated rings. The van der Waals surface area contributed by atoms with Gasteiger partial charge in [-0.2, -0.15) is 0 Å². The van der Waals surface area contributed by atoms with E-state index in [4.69, 9.17) is 9.40 Å². The molecule has 1 atom stereocenters. The van der Waals surface area contributed by atoms with Gasteiger partial charge in [-0.25, -0.2) is 9.97 Å². The van der Waals surface area contributed by atoms with Gasteiger partial charge in [0.1, 0.15) is 0 Å². The molecule has 0 aliphatic rings. The number of nitrogens with one attached hydrogen (secondary N) is 1. The first-order valence-electron chi connectivity index (χ1n) is 10.0. The van der Waals surface area contributed by atoms with Crippen molar-refractivity contribution in [1.29, 1.82) is 0 Å². The minimum Gasteiger partial charge on any atom is -0.481 e. The summed E-state index contributed by atoms with van der Waals surface area (Å²) in [6.07, 6.45) is 8.04. The number of hydrogen-bond donors (Lipinski definition) is 2. The van der Waals surface area contributed by atoms with E-state index in [1.54, 1.807) is 18.6 Å². The highest BCUT2D eigenvalue weighted by molar-refractivity contribution is 7.19. The number of thiazole rings is 1. The van der Waals surface area contributed by atoms with Crippen LogP contribution in [0, 0.1) is 5.92 Å². The molecule has 0 aliphatic carbocycles. The standard InChI is InChI=1S/C23H22N4O3S/c1-2-4-18(22(28)29)12-26-23-27-20(17-5-3-10-24-11-17)21(31-23)16-8-6-15(7-9-16)19-13-25-14-30-19/h3,5-11,13-14,18H,2,4,12H2,1H3,(H,26,27)(H,28,29). The Morgan fingerprint density at radius 2 is 1.94 bits per heavy atom.